The molecule has 2 heteroatoms. The summed E-state index contributed by atoms with van der Waals surface area (Å²) in [5.41, 5.74) is 6.41. The molecule has 0 bridgehead atoms. The quantitative estimate of drug-likeness (QED) is 0.656. The molecule has 1 rings (SSSR count). The second-order valence-electron chi connectivity index (χ2n) is 1.92. The van der Waals surface area contributed by atoms with Gasteiger partial charge < -0.3 is 5.73 Å². The van der Waals surface area contributed by atoms with Crippen LogP contribution in [0, 0.1) is 0 Å². The topological polar surface area (TPSA) is 38.9 Å². The molecule has 0 radical (unpaired) electrons. The van der Waals surface area contributed by atoms with Crippen LogP contribution in [0.3, 0.4) is 0 Å². The van der Waals surface area contributed by atoms with Crippen LogP contribution in [0.1, 0.15) is 5.56 Å². The number of nitrogens with two attached hydrogens (primary N) is 1. The van der Waals surface area contributed by atoms with Gasteiger partial charge in [-0.25, -0.2) is 0 Å². The first-order valence-electron chi connectivity index (χ1n) is 3.20. The van der Waals surface area contributed by atoms with Gasteiger partial charge in [-0.1, -0.05) is 12.2 Å². The molecule has 0 unspecified atom stereocenters. The molecule has 0 atom stereocenters. The largest absolute Gasteiger partial charge is 0.327 e. The van der Waals surface area contributed by atoms with Crippen molar-refractivity contribution in [1.82, 2.24) is 4.98 Å². The van der Waals surface area contributed by atoms with Gasteiger partial charge in [-0.15, -0.1) is 0 Å². The van der Waals surface area contributed by atoms with Crippen molar-refractivity contribution in [3.63, 3.8) is 0 Å². The molecule has 0 saturated heterocycles. The molecule has 0 fully saturated rings. The highest BCUT2D eigenvalue weighted by atomic mass is 14.6. The molecule has 1 aromatic rings. The fraction of sp³-hybridized carbons (Fsp3) is 0.125. The molecule has 0 amide bonds. The Morgan fingerprint density at radius 3 is 2.70 bits per heavy atom. The Bertz CT molecular complexity index is 204. The molecular weight excluding hydrogens is 124 g/mol. The SMILES string of the molecule is NCC=Cc1ccncc1. The Kier molecular flexibility index (Phi) is 2.64. The smallest absolute Gasteiger partial charge is 0.0273 e. The minimum Gasteiger partial charge on any atom is -0.327 e. The summed E-state index contributed by atoms with van der Waals surface area (Å²) in [6.45, 7) is 0.586. The zero-order chi connectivity index (χ0) is 7.23. The predicted molar refractivity (Wildman–Crippen MR) is 42.3 cm³/mol. The van der Waals surface area contributed by atoms with Crippen LogP contribution in [0.25, 0.3) is 6.08 Å². The monoisotopic (exact) mass is 134 g/mol. The normalized spacial score (nSPS) is 10.5. The van der Waals surface area contributed by atoms with Crippen LogP contribution in [-0.2, 0) is 0 Å². The Labute approximate surface area is 60.4 Å². The summed E-state index contributed by atoms with van der Waals surface area (Å²) >= 11 is 0. The molecule has 0 aliphatic carbocycles. The maximum Gasteiger partial charge on any atom is 0.0273 e. The van der Waals surface area contributed by atoms with Gasteiger partial charge in [0.2, 0.25) is 0 Å². The molecule has 0 aliphatic heterocycles. The Morgan fingerprint density at radius 2 is 2.10 bits per heavy atom. The molecule has 2 N–H and O–H groups in total. The summed E-state index contributed by atoms with van der Waals surface area (Å²) < 4.78 is 0. The van der Waals surface area contributed by atoms with E-state index >= 15 is 0 Å². The lowest BCUT2D eigenvalue weighted by molar-refractivity contribution is 1.26. The molecule has 1 aromatic heterocycles. The van der Waals surface area contributed by atoms with Gasteiger partial charge in [0.05, 0.1) is 0 Å². The van der Waals surface area contributed by atoms with Crippen molar-refractivity contribution in [2.45, 2.75) is 0 Å². The van der Waals surface area contributed by atoms with Crippen molar-refractivity contribution in [2.75, 3.05) is 6.54 Å². The summed E-state index contributed by atoms with van der Waals surface area (Å²) in [7, 11) is 0. The van der Waals surface area contributed by atoms with Gasteiger partial charge in [0.25, 0.3) is 0 Å². The molecule has 52 valence electrons. The third-order valence-electron chi connectivity index (χ3n) is 1.15. The van der Waals surface area contributed by atoms with Crippen molar-refractivity contribution in [3.8, 4) is 0 Å². The van der Waals surface area contributed by atoms with Crippen molar-refractivity contribution >= 4 is 6.08 Å². The van der Waals surface area contributed by atoms with Gasteiger partial charge >= 0.3 is 0 Å². The number of nitrogens with zero attached hydrogens (tertiary/aromatic N) is 1. The van der Waals surface area contributed by atoms with Crippen LogP contribution in [0.4, 0.5) is 0 Å². The van der Waals surface area contributed by atoms with E-state index in [4.69, 9.17) is 5.73 Å². The first kappa shape index (κ1) is 6.96. The highest BCUT2D eigenvalue weighted by Crippen LogP contribution is 1.97. The number of pyridine rings is 1. The van der Waals surface area contributed by atoms with Crippen LogP contribution in [-0.4, -0.2) is 11.5 Å². The average Bonchev–Trinajstić information content (AvgIpc) is 2.03. The molecule has 0 spiro atoms. The summed E-state index contributed by atoms with van der Waals surface area (Å²) in [4.78, 5) is 3.89. The third kappa shape index (κ3) is 1.99. The fourth-order valence-corrected chi connectivity index (χ4v) is 0.679. The molecule has 0 aromatic carbocycles. The standard InChI is InChI=1S/C8H10N2/c9-5-1-2-8-3-6-10-7-4-8/h1-4,6-7H,5,9H2. The third-order valence-corrected chi connectivity index (χ3v) is 1.15. The highest BCUT2D eigenvalue weighted by molar-refractivity contribution is 5.47. The fourth-order valence-electron chi connectivity index (χ4n) is 0.679. The number of rotatable bonds is 2. The molecular formula is C8H10N2. The molecule has 2 nitrogen and oxygen atoms in total. The maximum absolute atomic E-state index is 5.27. The van der Waals surface area contributed by atoms with Crippen LogP contribution < -0.4 is 5.73 Å². The van der Waals surface area contributed by atoms with Gasteiger partial charge in [-0.3, -0.25) is 4.98 Å². The van der Waals surface area contributed by atoms with Gasteiger partial charge in [0.1, 0.15) is 0 Å². The van der Waals surface area contributed by atoms with E-state index in [0.717, 1.165) is 5.56 Å². The van der Waals surface area contributed by atoms with E-state index in [1.165, 1.54) is 0 Å². The van der Waals surface area contributed by atoms with Gasteiger partial charge in [-0.05, 0) is 17.7 Å². The molecule has 1 heterocycles. The van der Waals surface area contributed by atoms with Crippen molar-refractivity contribution in [2.24, 2.45) is 5.73 Å². The number of hydrogen-bond acceptors (Lipinski definition) is 2. The summed E-state index contributed by atoms with van der Waals surface area (Å²) in [6, 6.07) is 3.87. The maximum atomic E-state index is 5.27. The van der Waals surface area contributed by atoms with Gasteiger partial charge in [0, 0.05) is 18.9 Å². The Balaban J connectivity index is 2.67. The minimum atomic E-state index is 0.586. The van der Waals surface area contributed by atoms with Crippen molar-refractivity contribution < 1.29 is 0 Å². The highest BCUT2D eigenvalue weighted by Gasteiger charge is 1.79. The first-order chi connectivity index (χ1) is 4.93. The summed E-state index contributed by atoms with van der Waals surface area (Å²) in [5, 5.41) is 0. The number of hydrogen-bond donors (Lipinski definition) is 1. The average molecular weight is 134 g/mol. The minimum absolute atomic E-state index is 0.586. The number of aromatic nitrogens is 1. The Hall–Kier alpha value is -1.15. The lowest BCUT2D eigenvalue weighted by Crippen LogP contribution is -1.91. The van der Waals surface area contributed by atoms with E-state index in [0.29, 0.717) is 6.54 Å². The van der Waals surface area contributed by atoms with Crippen molar-refractivity contribution in [3.05, 3.63) is 36.2 Å². The van der Waals surface area contributed by atoms with Gasteiger partial charge in [-0.2, -0.15) is 0 Å². The Morgan fingerprint density at radius 1 is 1.40 bits per heavy atom. The van der Waals surface area contributed by atoms with E-state index in [9.17, 15) is 0 Å². The molecule has 0 aliphatic rings. The predicted octanol–water partition coefficient (Wildman–Crippen LogP) is 1.05. The summed E-state index contributed by atoms with van der Waals surface area (Å²) in [6.07, 6.45) is 7.41. The van der Waals surface area contributed by atoms with Crippen LogP contribution in [0.15, 0.2) is 30.6 Å². The van der Waals surface area contributed by atoms with Crippen LogP contribution >= 0.6 is 0 Å². The zero-order valence-corrected chi connectivity index (χ0v) is 5.70. The first-order valence-corrected chi connectivity index (χ1v) is 3.20. The van der Waals surface area contributed by atoms with Crippen molar-refractivity contribution in [1.29, 1.82) is 0 Å². The van der Waals surface area contributed by atoms with E-state index in [1.54, 1.807) is 12.4 Å². The lowest BCUT2D eigenvalue weighted by Gasteiger charge is -1.87. The van der Waals surface area contributed by atoms with E-state index in [2.05, 4.69) is 4.98 Å². The van der Waals surface area contributed by atoms with Crippen LogP contribution in [0.5, 0.6) is 0 Å². The van der Waals surface area contributed by atoms with Crippen LogP contribution in [0.2, 0.25) is 0 Å². The zero-order valence-electron chi connectivity index (χ0n) is 5.70. The second-order valence-corrected chi connectivity index (χ2v) is 1.92. The van der Waals surface area contributed by atoms with Gasteiger partial charge in [0.15, 0.2) is 0 Å². The lowest BCUT2D eigenvalue weighted by atomic mass is 10.2. The molecule has 0 saturated carbocycles. The van der Waals surface area contributed by atoms with E-state index in [-0.39, 0.29) is 0 Å². The molecule has 10 heavy (non-hydrogen) atoms. The second kappa shape index (κ2) is 3.80. The van der Waals surface area contributed by atoms with E-state index < -0.39 is 0 Å². The summed E-state index contributed by atoms with van der Waals surface area (Å²) in [5.74, 6) is 0. The van der Waals surface area contributed by atoms with E-state index in [1.807, 2.05) is 24.3 Å².